The summed E-state index contributed by atoms with van der Waals surface area (Å²) < 4.78 is 41.6. The van der Waals surface area contributed by atoms with Crippen molar-refractivity contribution in [3.05, 3.63) is 65.2 Å². The first-order chi connectivity index (χ1) is 13.9. The molecule has 1 fully saturated rings. The molecule has 0 radical (unpaired) electrons. The Morgan fingerprint density at radius 2 is 1.62 bits per heavy atom. The van der Waals surface area contributed by atoms with Crippen LogP contribution in [0.2, 0.25) is 5.02 Å². The molecule has 3 aromatic rings. The molecule has 0 atom stereocenters. The lowest BCUT2D eigenvalue weighted by atomic mass is 10.3. The Morgan fingerprint density at radius 3 is 2.28 bits per heavy atom. The molecule has 1 aliphatic rings. The topological polar surface area (TPSA) is 84.2 Å². The zero-order chi connectivity index (χ0) is 20.4. The molecule has 152 valence electrons. The molecule has 2 heterocycles. The van der Waals surface area contributed by atoms with Gasteiger partial charge in [0.2, 0.25) is 10.0 Å². The van der Waals surface area contributed by atoms with Gasteiger partial charge >= 0.3 is 0 Å². The number of hydrogen-bond donors (Lipinski definition) is 0. The van der Waals surface area contributed by atoms with Crippen LogP contribution in [0.5, 0.6) is 0 Å². The van der Waals surface area contributed by atoms with Gasteiger partial charge in [-0.2, -0.15) is 8.99 Å². The summed E-state index contributed by atoms with van der Waals surface area (Å²) in [5.41, 5.74) is 0.798. The molecular weight excluding hydrogens is 419 g/mol. The normalized spacial score (nSPS) is 16.2. The molecule has 0 N–H and O–H groups in total. The van der Waals surface area contributed by atoms with Crippen LogP contribution < -0.4 is 0 Å². The molecule has 0 unspecified atom stereocenters. The maximum absolute atomic E-state index is 13.1. The second-order valence-corrected chi connectivity index (χ2v) is 8.99. The zero-order valence-corrected chi connectivity index (χ0v) is 16.9. The van der Waals surface area contributed by atoms with Crippen molar-refractivity contribution in [3.63, 3.8) is 0 Å². The fraction of sp³-hybridized carbons (Fsp3) is 0.278. The first kappa shape index (κ1) is 19.9. The summed E-state index contributed by atoms with van der Waals surface area (Å²) in [4.78, 5) is 2.19. The third-order valence-corrected chi connectivity index (χ3v) is 6.92. The van der Waals surface area contributed by atoms with Crippen molar-refractivity contribution in [1.82, 2.24) is 29.4 Å². The highest BCUT2D eigenvalue weighted by Crippen LogP contribution is 2.19. The quantitative estimate of drug-likeness (QED) is 0.608. The fourth-order valence-electron chi connectivity index (χ4n) is 3.17. The van der Waals surface area contributed by atoms with Crippen LogP contribution in [0.3, 0.4) is 0 Å². The Balaban J connectivity index is 1.42. The molecule has 29 heavy (non-hydrogen) atoms. The van der Waals surface area contributed by atoms with E-state index in [1.54, 1.807) is 16.8 Å². The van der Waals surface area contributed by atoms with Gasteiger partial charge in [0.05, 0.1) is 17.1 Å². The maximum Gasteiger partial charge on any atom is 0.243 e. The van der Waals surface area contributed by atoms with Crippen LogP contribution in [-0.2, 0) is 16.6 Å². The molecule has 0 amide bonds. The number of rotatable bonds is 5. The fourth-order valence-corrected chi connectivity index (χ4v) is 4.72. The summed E-state index contributed by atoms with van der Waals surface area (Å²) in [6.07, 6.45) is 0. The molecule has 2 aromatic carbocycles. The summed E-state index contributed by atoms with van der Waals surface area (Å²) >= 11 is 5.93. The predicted octanol–water partition coefficient (Wildman–Crippen LogP) is 1.96. The van der Waals surface area contributed by atoms with Gasteiger partial charge in [0.1, 0.15) is 5.82 Å². The number of tetrazole rings is 1. The van der Waals surface area contributed by atoms with Gasteiger partial charge in [0, 0.05) is 31.2 Å². The monoisotopic (exact) mass is 436 g/mol. The summed E-state index contributed by atoms with van der Waals surface area (Å²) in [6.45, 7) is 2.23. The number of halogens is 2. The van der Waals surface area contributed by atoms with Gasteiger partial charge in [-0.25, -0.2) is 12.8 Å². The lowest BCUT2D eigenvalue weighted by Crippen LogP contribution is -2.48. The minimum absolute atomic E-state index is 0.0963. The number of aromatic nitrogens is 4. The molecule has 1 aromatic heterocycles. The Morgan fingerprint density at radius 1 is 0.966 bits per heavy atom. The second kappa shape index (κ2) is 8.15. The third kappa shape index (κ3) is 4.30. The van der Waals surface area contributed by atoms with Crippen LogP contribution in [-0.4, -0.2) is 64.0 Å². The summed E-state index contributed by atoms with van der Waals surface area (Å²) in [6, 6.07) is 12.1. The van der Waals surface area contributed by atoms with Gasteiger partial charge in [-0.05, 0) is 59.0 Å². The molecule has 0 spiro atoms. The highest BCUT2D eigenvalue weighted by molar-refractivity contribution is 7.89. The van der Waals surface area contributed by atoms with Gasteiger partial charge in [0.25, 0.3) is 0 Å². The number of piperazine rings is 1. The van der Waals surface area contributed by atoms with Crippen molar-refractivity contribution in [2.24, 2.45) is 0 Å². The first-order valence-corrected chi connectivity index (χ1v) is 10.8. The Bertz CT molecular complexity index is 1080. The van der Waals surface area contributed by atoms with E-state index in [2.05, 4.69) is 20.4 Å². The maximum atomic E-state index is 13.1. The molecule has 1 aliphatic heterocycles. The first-order valence-electron chi connectivity index (χ1n) is 8.95. The number of benzene rings is 2. The van der Waals surface area contributed by atoms with Gasteiger partial charge in [-0.3, -0.25) is 4.90 Å². The zero-order valence-electron chi connectivity index (χ0n) is 15.3. The van der Waals surface area contributed by atoms with Crippen molar-refractivity contribution >= 4 is 21.6 Å². The van der Waals surface area contributed by atoms with E-state index in [-0.39, 0.29) is 4.90 Å². The average Bonchev–Trinajstić information content (AvgIpc) is 3.17. The van der Waals surface area contributed by atoms with E-state index in [0.29, 0.717) is 43.6 Å². The largest absolute Gasteiger partial charge is 0.293 e. The van der Waals surface area contributed by atoms with Gasteiger partial charge < -0.3 is 0 Å². The van der Waals surface area contributed by atoms with E-state index in [0.717, 1.165) is 17.8 Å². The van der Waals surface area contributed by atoms with E-state index < -0.39 is 15.8 Å². The van der Waals surface area contributed by atoms with Gasteiger partial charge in [-0.1, -0.05) is 11.6 Å². The summed E-state index contributed by atoms with van der Waals surface area (Å²) in [5, 5.41) is 12.5. The molecule has 0 saturated carbocycles. The van der Waals surface area contributed by atoms with Crippen molar-refractivity contribution < 1.29 is 12.8 Å². The van der Waals surface area contributed by atoms with Crippen molar-refractivity contribution in [2.45, 2.75) is 11.4 Å². The van der Waals surface area contributed by atoms with Crippen LogP contribution in [0, 0.1) is 5.82 Å². The number of nitrogens with zero attached hydrogens (tertiary/aromatic N) is 6. The van der Waals surface area contributed by atoms with Crippen LogP contribution in [0.4, 0.5) is 4.39 Å². The van der Waals surface area contributed by atoms with E-state index in [9.17, 15) is 12.8 Å². The smallest absolute Gasteiger partial charge is 0.243 e. The Kier molecular flexibility index (Phi) is 5.59. The summed E-state index contributed by atoms with van der Waals surface area (Å²) in [5.74, 6) is 0.189. The van der Waals surface area contributed by atoms with E-state index in [1.807, 2.05) is 12.1 Å². The Hall–Kier alpha value is -2.40. The molecule has 4 rings (SSSR count). The highest BCUT2D eigenvalue weighted by atomic mass is 35.5. The van der Waals surface area contributed by atoms with Crippen LogP contribution in [0.1, 0.15) is 5.82 Å². The molecule has 0 bridgehead atoms. The van der Waals surface area contributed by atoms with E-state index >= 15 is 0 Å². The lowest BCUT2D eigenvalue weighted by Gasteiger charge is -2.33. The van der Waals surface area contributed by atoms with E-state index in [1.165, 1.54) is 16.4 Å². The molecular formula is C18H18ClFN6O2S. The lowest BCUT2D eigenvalue weighted by molar-refractivity contribution is 0.177. The van der Waals surface area contributed by atoms with Crippen molar-refractivity contribution in [3.8, 4) is 5.69 Å². The minimum atomic E-state index is -3.64. The molecule has 8 nitrogen and oxygen atoms in total. The van der Waals surface area contributed by atoms with Crippen LogP contribution >= 0.6 is 11.6 Å². The third-order valence-electron chi connectivity index (χ3n) is 4.75. The average molecular weight is 437 g/mol. The number of sulfonamides is 1. The second-order valence-electron chi connectivity index (χ2n) is 6.62. The Labute approximate surface area is 172 Å². The predicted molar refractivity (Wildman–Crippen MR) is 105 cm³/mol. The summed E-state index contributed by atoms with van der Waals surface area (Å²) in [7, 11) is -3.64. The standard InChI is InChI=1S/C18H18ClFN6O2S/c19-14-1-5-16(6-2-14)26-18(21-22-23-26)13-24-9-11-25(12-10-24)29(27,28)17-7-3-15(20)4-8-17/h1-8H,9-13H2. The highest BCUT2D eigenvalue weighted by Gasteiger charge is 2.29. The van der Waals surface area contributed by atoms with Crippen molar-refractivity contribution in [1.29, 1.82) is 0 Å². The molecule has 1 saturated heterocycles. The molecule has 11 heteroatoms. The van der Waals surface area contributed by atoms with E-state index in [4.69, 9.17) is 11.6 Å². The van der Waals surface area contributed by atoms with Crippen molar-refractivity contribution in [2.75, 3.05) is 26.2 Å². The number of hydrogen-bond acceptors (Lipinski definition) is 6. The SMILES string of the molecule is O=S(=O)(c1ccc(F)cc1)N1CCN(Cc2nnnn2-c2ccc(Cl)cc2)CC1. The van der Waals surface area contributed by atoms with Gasteiger partial charge in [-0.15, -0.1) is 5.10 Å². The van der Waals surface area contributed by atoms with Crippen LogP contribution in [0.25, 0.3) is 5.69 Å². The van der Waals surface area contributed by atoms with Crippen LogP contribution in [0.15, 0.2) is 53.4 Å². The minimum Gasteiger partial charge on any atom is -0.293 e. The van der Waals surface area contributed by atoms with Gasteiger partial charge in [0.15, 0.2) is 5.82 Å². The molecule has 0 aliphatic carbocycles.